The predicted octanol–water partition coefficient (Wildman–Crippen LogP) is 1.63. The van der Waals surface area contributed by atoms with Crippen molar-refractivity contribution in [2.24, 2.45) is 17.3 Å². The topological polar surface area (TPSA) is 52.6 Å². The Balaban J connectivity index is 1.92. The standard InChI is InChI=1S/C12H16O4/c1-11(2)15-9(13)12(10(14)16-11)7-5-3-4-6-8(7)12/h7-8H,3-6H2,1-2H3. The van der Waals surface area contributed by atoms with E-state index in [1.165, 1.54) is 0 Å². The number of ether oxygens (including phenoxy) is 2. The van der Waals surface area contributed by atoms with Crippen molar-refractivity contribution in [3.8, 4) is 0 Å². The minimum Gasteiger partial charge on any atom is -0.422 e. The van der Waals surface area contributed by atoms with Crippen molar-refractivity contribution in [3.05, 3.63) is 0 Å². The van der Waals surface area contributed by atoms with Crippen LogP contribution in [-0.4, -0.2) is 17.7 Å². The lowest BCUT2D eigenvalue weighted by Gasteiger charge is -2.33. The molecule has 1 spiro atoms. The molecule has 3 rings (SSSR count). The van der Waals surface area contributed by atoms with Crippen LogP contribution >= 0.6 is 0 Å². The van der Waals surface area contributed by atoms with Gasteiger partial charge in [-0.1, -0.05) is 12.8 Å². The summed E-state index contributed by atoms with van der Waals surface area (Å²) in [5, 5.41) is 0. The smallest absolute Gasteiger partial charge is 0.327 e. The minimum atomic E-state index is -1.09. The molecule has 0 amide bonds. The molecule has 0 aromatic carbocycles. The Morgan fingerprint density at radius 2 is 1.44 bits per heavy atom. The van der Waals surface area contributed by atoms with Gasteiger partial charge < -0.3 is 9.47 Å². The summed E-state index contributed by atoms with van der Waals surface area (Å²) in [6.07, 6.45) is 4.12. The number of hydrogen-bond acceptors (Lipinski definition) is 4. The van der Waals surface area contributed by atoms with Gasteiger partial charge in [0.15, 0.2) is 5.41 Å². The first-order valence-electron chi connectivity index (χ1n) is 5.95. The van der Waals surface area contributed by atoms with E-state index in [4.69, 9.17) is 9.47 Å². The summed E-state index contributed by atoms with van der Waals surface area (Å²) >= 11 is 0. The molecular formula is C12H16O4. The van der Waals surface area contributed by atoms with E-state index in [1.807, 2.05) is 0 Å². The molecule has 2 unspecified atom stereocenters. The van der Waals surface area contributed by atoms with Crippen LogP contribution in [0.15, 0.2) is 0 Å². The first-order valence-corrected chi connectivity index (χ1v) is 5.95. The van der Waals surface area contributed by atoms with Crippen LogP contribution in [0.4, 0.5) is 0 Å². The Morgan fingerprint density at radius 3 is 1.88 bits per heavy atom. The monoisotopic (exact) mass is 224 g/mol. The van der Waals surface area contributed by atoms with E-state index in [0.717, 1.165) is 25.7 Å². The molecule has 3 fully saturated rings. The summed E-state index contributed by atoms with van der Waals surface area (Å²) < 4.78 is 10.5. The molecule has 1 saturated heterocycles. The first-order chi connectivity index (χ1) is 7.48. The highest BCUT2D eigenvalue weighted by molar-refractivity contribution is 6.06. The molecule has 1 heterocycles. The highest BCUT2D eigenvalue weighted by atomic mass is 16.7. The van der Waals surface area contributed by atoms with Crippen molar-refractivity contribution < 1.29 is 19.1 Å². The quantitative estimate of drug-likeness (QED) is 0.463. The third-order valence-corrected chi connectivity index (χ3v) is 4.18. The van der Waals surface area contributed by atoms with Gasteiger partial charge in [0.1, 0.15) is 0 Å². The van der Waals surface area contributed by atoms with Gasteiger partial charge in [0.25, 0.3) is 5.79 Å². The third kappa shape index (κ3) is 1.05. The fourth-order valence-corrected chi connectivity index (χ4v) is 3.45. The SMILES string of the molecule is CC1(C)OC(=O)C2(C(=O)O1)C1CCCCC12. The average molecular weight is 224 g/mol. The molecule has 2 atom stereocenters. The second-order valence-corrected chi connectivity index (χ2v) is 5.55. The zero-order valence-corrected chi connectivity index (χ0v) is 9.62. The lowest BCUT2D eigenvalue weighted by atomic mass is 10.00. The average Bonchev–Trinajstić information content (AvgIpc) is 2.83. The van der Waals surface area contributed by atoms with Gasteiger partial charge >= 0.3 is 11.9 Å². The molecule has 0 bridgehead atoms. The van der Waals surface area contributed by atoms with Gasteiger partial charge in [0.2, 0.25) is 0 Å². The summed E-state index contributed by atoms with van der Waals surface area (Å²) in [7, 11) is 0. The zero-order chi connectivity index (χ0) is 11.6. The Morgan fingerprint density at radius 1 is 1.00 bits per heavy atom. The van der Waals surface area contributed by atoms with Crippen LogP contribution in [0, 0.1) is 17.3 Å². The molecule has 2 saturated carbocycles. The lowest BCUT2D eigenvalue weighted by Crippen LogP contribution is -2.49. The predicted molar refractivity (Wildman–Crippen MR) is 54.1 cm³/mol. The molecule has 0 radical (unpaired) electrons. The number of hydrogen-bond donors (Lipinski definition) is 0. The molecule has 4 nitrogen and oxygen atoms in total. The maximum absolute atomic E-state index is 12.0. The zero-order valence-electron chi connectivity index (χ0n) is 9.62. The summed E-state index contributed by atoms with van der Waals surface area (Å²) in [5.74, 6) is -1.45. The van der Waals surface area contributed by atoms with Crippen molar-refractivity contribution in [1.82, 2.24) is 0 Å². The van der Waals surface area contributed by atoms with Crippen molar-refractivity contribution in [3.63, 3.8) is 0 Å². The second-order valence-electron chi connectivity index (χ2n) is 5.55. The Labute approximate surface area is 94.3 Å². The van der Waals surface area contributed by atoms with E-state index < -0.39 is 11.2 Å². The fourth-order valence-electron chi connectivity index (χ4n) is 3.45. The molecule has 16 heavy (non-hydrogen) atoms. The summed E-state index contributed by atoms with van der Waals surface area (Å²) in [6, 6.07) is 0. The van der Waals surface area contributed by atoms with E-state index in [2.05, 4.69) is 0 Å². The summed E-state index contributed by atoms with van der Waals surface area (Å²) in [4.78, 5) is 24.1. The van der Waals surface area contributed by atoms with Crippen LogP contribution in [0.5, 0.6) is 0 Å². The van der Waals surface area contributed by atoms with Gasteiger partial charge in [0, 0.05) is 13.8 Å². The van der Waals surface area contributed by atoms with Gasteiger partial charge in [-0.05, 0) is 24.7 Å². The van der Waals surface area contributed by atoms with Gasteiger partial charge in [-0.2, -0.15) is 0 Å². The number of carbonyl (C=O) groups excluding carboxylic acids is 2. The number of carbonyl (C=O) groups is 2. The molecule has 2 aliphatic carbocycles. The van der Waals surface area contributed by atoms with Crippen molar-refractivity contribution >= 4 is 11.9 Å². The van der Waals surface area contributed by atoms with E-state index in [9.17, 15) is 9.59 Å². The van der Waals surface area contributed by atoms with Gasteiger partial charge in [0.05, 0.1) is 0 Å². The van der Waals surface area contributed by atoms with E-state index in [1.54, 1.807) is 13.8 Å². The summed E-state index contributed by atoms with van der Waals surface area (Å²) in [6.45, 7) is 3.20. The number of rotatable bonds is 0. The molecule has 1 aliphatic heterocycles. The second kappa shape index (κ2) is 2.79. The Bertz CT molecular complexity index is 337. The third-order valence-electron chi connectivity index (χ3n) is 4.18. The molecule has 0 N–H and O–H groups in total. The molecular weight excluding hydrogens is 208 g/mol. The first kappa shape index (κ1) is 10.1. The van der Waals surface area contributed by atoms with Gasteiger partial charge in [-0.3, -0.25) is 9.59 Å². The van der Waals surface area contributed by atoms with E-state index in [0.29, 0.717) is 0 Å². The molecule has 4 heteroatoms. The van der Waals surface area contributed by atoms with Crippen LogP contribution in [0.25, 0.3) is 0 Å². The molecule has 88 valence electrons. The van der Waals surface area contributed by atoms with Crippen LogP contribution in [-0.2, 0) is 19.1 Å². The number of esters is 2. The van der Waals surface area contributed by atoms with Crippen LogP contribution < -0.4 is 0 Å². The van der Waals surface area contributed by atoms with Crippen molar-refractivity contribution in [2.75, 3.05) is 0 Å². The normalized spacial score (nSPS) is 38.6. The van der Waals surface area contributed by atoms with Gasteiger partial charge in [-0.25, -0.2) is 0 Å². The van der Waals surface area contributed by atoms with E-state index in [-0.39, 0.29) is 23.8 Å². The van der Waals surface area contributed by atoms with Crippen LogP contribution in [0.2, 0.25) is 0 Å². The maximum atomic E-state index is 12.0. The highest BCUT2D eigenvalue weighted by Gasteiger charge is 2.78. The lowest BCUT2D eigenvalue weighted by molar-refractivity contribution is -0.244. The minimum absolute atomic E-state index is 0.178. The Kier molecular flexibility index (Phi) is 1.76. The van der Waals surface area contributed by atoms with Crippen molar-refractivity contribution in [1.29, 1.82) is 0 Å². The fraction of sp³-hybridized carbons (Fsp3) is 0.833. The Hall–Kier alpha value is -1.06. The van der Waals surface area contributed by atoms with Crippen molar-refractivity contribution in [2.45, 2.75) is 45.3 Å². The molecule has 0 aromatic heterocycles. The maximum Gasteiger partial charge on any atom is 0.327 e. The highest BCUT2D eigenvalue weighted by Crippen LogP contribution is 2.68. The summed E-state index contributed by atoms with van der Waals surface area (Å²) in [5.41, 5.74) is -0.925. The van der Waals surface area contributed by atoms with E-state index >= 15 is 0 Å². The molecule has 0 aromatic rings. The molecule has 3 aliphatic rings. The van der Waals surface area contributed by atoms with Crippen LogP contribution in [0.1, 0.15) is 39.5 Å². The van der Waals surface area contributed by atoms with Gasteiger partial charge in [-0.15, -0.1) is 0 Å². The number of cyclic esters (lactones) is 2. The number of fused-ring (bicyclic) bond motifs is 3. The van der Waals surface area contributed by atoms with Crippen LogP contribution in [0.3, 0.4) is 0 Å². The largest absolute Gasteiger partial charge is 0.422 e.